The quantitative estimate of drug-likeness (QED) is 0.755. The first-order valence-electron chi connectivity index (χ1n) is 5.35. The first kappa shape index (κ1) is 10.2. The summed E-state index contributed by atoms with van der Waals surface area (Å²) >= 11 is 0. The molecule has 4 nitrogen and oxygen atoms in total. The zero-order valence-electron chi connectivity index (χ0n) is 8.94. The Morgan fingerprint density at radius 2 is 2.40 bits per heavy atom. The van der Waals surface area contributed by atoms with Crippen molar-refractivity contribution >= 4 is 5.91 Å². The molecule has 15 heavy (non-hydrogen) atoms. The van der Waals surface area contributed by atoms with Gasteiger partial charge in [0.2, 0.25) is 5.91 Å². The Kier molecular flexibility index (Phi) is 2.52. The third-order valence-corrected chi connectivity index (χ3v) is 3.22. The van der Waals surface area contributed by atoms with Gasteiger partial charge < -0.3 is 16.0 Å². The minimum absolute atomic E-state index is 0.120. The third-order valence-electron chi connectivity index (χ3n) is 3.22. The minimum Gasteiger partial charge on any atom is -0.368 e. The molecular formula is C11H17N3O. The van der Waals surface area contributed by atoms with Crippen LogP contribution in [-0.2, 0) is 11.2 Å². The van der Waals surface area contributed by atoms with Crippen LogP contribution in [0.15, 0.2) is 12.3 Å². The molecule has 82 valence electrons. The number of carbonyl (C=O) groups is 1. The first-order chi connectivity index (χ1) is 7.11. The zero-order chi connectivity index (χ0) is 11.0. The van der Waals surface area contributed by atoms with Gasteiger partial charge in [0.25, 0.3) is 0 Å². The molecule has 1 aromatic rings. The second-order valence-corrected chi connectivity index (χ2v) is 4.20. The van der Waals surface area contributed by atoms with Gasteiger partial charge in [-0.25, -0.2) is 0 Å². The number of aromatic nitrogens is 1. The first-order valence-corrected chi connectivity index (χ1v) is 5.35. The largest absolute Gasteiger partial charge is 0.368 e. The number of primary amides is 1. The van der Waals surface area contributed by atoms with Crippen molar-refractivity contribution in [2.45, 2.75) is 38.3 Å². The molecule has 0 spiro atoms. The molecule has 1 aromatic heterocycles. The van der Waals surface area contributed by atoms with Crippen LogP contribution < -0.4 is 11.5 Å². The van der Waals surface area contributed by atoms with Crippen molar-refractivity contribution in [1.82, 2.24) is 4.57 Å². The monoisotopic (exact) mass is 207 g/mol. The Bertz CT molecular complexity index is 383. The number of carbonyl (C=O) groups excluding carboxylic acids is 1. The predicted molar refractivity (Wildman–Crippen MR) is 58.2 cm³/mol. The number of nitrogens with zero attached hydrogens (tertiary/aromatic N) is 1. The molecule has 1 aliphatic carbocycles. The van der Waals surface area contributed by atoms with E-state index in [0.29, 0.717) is 0 Å². The van der Waals surface area contributed by atoms with Crippen LogP contribution in [0.3, 0.4) is 0 Å². The van der Waals surface area contributed by atoms with Gasteiger partial charge in [-0.1, -0.05) is 0 Å². The topological polar surface area (TPSA) is 74.0 Å². The van der Waals surface area contributed by atoms with Gasteiger partial charge in [0.15, 0.2) is 0 Å². The maximum Gasteiger partial charge on any atom is 0.240 e. The zero-order valence-corrected chi connectivity index (χ0v) is 8.94. The highest BCUT2D eigenvalue weighted by Gasteiger charge is 2.23. The van der Waals surface area contributed by atoms with Crippen LogP contribution >= 0.6 is 0 Å². The standard InChI is InChI=1S/C11H17N3O/c1-7(11(13)15)14-6-5-8-9(12)3-2-4-10(8)14/h5-7,9H,2-4,12H2,1H3,(H2,13,15). The predicted octanol–water partition coefficient (Wildman–Crippen LogP) is 0.870. The van der Waals surface area contributed by atoms with Gasteiger partial charge in [0.1, 0.15) is 6.04 Å². The Hall–Kier alpha value is -1.29. The smallest absolute Gasteiger partial charge is 0.240 e. The van der Waals surface area contributed by atoms with Gasteiger partial charge in [0, 0.05) is 17.9 Å². The van der Waals surface area contributed by atoms with Gasteiger partial charge in [-0.15, -0.1) is 0 Å². The molecule has 1 heterocycles. The fraction of sp³-hybridized carbons (Fsp3) is 0.545. The van der Waals surface area contributed by atoms with Crippen LogP contribution in [0.25, 0.3) is 0 Å². The van der Waals surface area contributed by atoms with E-state index in [1.54, 1.807) is 0 Å². The normalized spacial score (nSPS) is 22.1. The second-order valence-electron chi connectivity index (χ2n) is 4.20. The Labute approximate surface area is 89.2 Å². The summed E-state index contributed by atoms with van der Waals surface area (Å²) in [5.74, 6) is -0.299. The molecule has 4 heteroatoms. The number of amides is 1. The Morgan fingerprint density at radius 3 is 3.07 bits per heavy atom. The third kappa shape index (κ3) is 1.65. The van der Waals surface area contributed by atoms with Crippen molar-refractivity contribution < 1.29 is 4.79 Å². The number of nitrogens with two attached hydrogens (primary N) is 2. The van der Waals surface area contributed by atoms with Gasteiger partial charge in [-0.2, -0.15) is 0 Å². The molecule has 2 rings (SSSR count). The molecule has 0 saturated carbocycles. The molecule has 1 aliphatic rings. The summed E-state index contributed by atoms with van der Waals surface area (Å²) in [6.45, 7) is 1.82. The van der Waals surface area contributed by atoms with Crippen LogP contribution in [-0.4, -0.2) is 10.5 Å². The molecule has 0 saturated heterocycles. The summed E-state index contributed by atoms with van der Waals surface area (Å²) in [6.07, 6.45) is 5.03. The Morgan fingerprint density at radius 1 is 1.67 bits per heavy atom. The highest BCUT2D eigenvalue weighted by Crippen LogP contribution is 2.30. The number of hydrogen-bond donors (Lipinski definition) is 2. The van der Waals surface area contributed by atoms with E-state index in [-0.39, 0.29) is 18.0 Å². The highest BCUT2D eigenvalue weighted by atomic mass is 16.1. The second kappa shape index (κ2) is 3.70. The van der Waals surface area contributed by atoms with E-state index in [1.807, 2.05) is 23.8 Å². The lowest BCUT2D eigenvalue weighted by atomic mass is 9.93. The molecule has 0 radical (unpaired) electrons. The summed E-state index contributed by atoms with van der Waals surface area (Å²) in [5.41, 5.74) is 13.7. The van der Waals surface area contributed by atoms with Gasteiger partial charge >= 0.3 is 0 Å². The average molecular weight is 207 g/mol. The van der Waals surface area contributed by atoms with Crippen LogP contribution in [0.5, 0.6) is 0 Å². The summed E-state index contributed by atoms with van der Waals surface area (Å²) < 4.78 is 1.96. The maximum atomic E-state index is 11.1. The van der Waals surface area contributed by atoms with E-state index in [9.17, 15) is 4.79 Å². The molecule has 0 aliphatic heterocycles. The van der Waals surface area contributed by atoms with Gasteiger partial charge in [-0.05, 0) is 37.8 Å². The lowest BCUT2D eigenvalue weighted by Crippen LogP contribution is -2.26. The maximum absolute atomic E-state index is 11.1. The van der Waals surface area contributed by atoms with E-state index in [1.165, 1.54) is 11.3 Å². The molecule has 0 fully saturated rings. The van der Waals surface area contributed by atoms with Crippen molar-refractivity contribution in [3.63, 3.8) is 0 Å². The molecule has 2 atom stereocenters. The van der Waals surface area contributed by atoms with E-state index in [4.69, 9.17) is 11.5 Å². The lowest BCUT2D eigenvalue weighted by molar-refractivity contribution is -0.120. The highest BCUT2D eigenvalue weighted by molar-refractivity contribution is 5.78. The van der Waals surface area contributed by atoms with Crippen LogP contribution in [0.2, 0.25) is 0 Å². The van der Waals surface area contributed by atoms with Crippen LogP contribution in [0, 0.1) is 0 Å². The summed E-state index contributed by atoms with van der Waals surface area (Å²) in [7, 11) is 0. The molecular weight excluding hydrogens is 190 g/mol. The van der Waals surface area contributed by atoms with Gasteiger partial charge in [0.05, 0.1) is 0 Å². The molecule has 0 aromatic carbocycles. The summed E-state index contributed by atoms with van der Waals surface area (Å²) in [4.78, 5) is 11.1. The Balaban J connectivity index is 2.38. The van der Waals surface area contributed by atoms with Crippen LogP contribution in [0.1, 0.15) is 43.1 Å². The van der Waals surface area contributed by atoms with Crippen molar-refractivity contribution in [3.8, 4) is 0 Å². The van der Waals surface area contributed by atoms with Crippen molar-refractivity contribution in [1.29, 1.82) is 0 Å². The fourth-order valence-corrected chi connectivity index (χ4v) is 2.25. The lowest BCUT2D eigenvalue weighted by Gasteiger charge is -2.22. The van der Waals surface area contributed by atoms with Crippen LogP contribution in [0.4, 0.5) is 0 Å². The fourth-order valence-electron chi connectivity index (χ4n) is 2.25. The van der Waals surface area contributed by atoms with Crippen molar-refractivity contribution in [3.05, 3.63) is 23.5 Å². The average Bonchev–Trinajstić information content (AvgIpc) is 2.61. The molecule has 0 bridgehead atoms. The summed E-state index contributed by atoms with van der Waals surface area (Å²) in [6, 6.07) is 1.85. The number of hydrogen-bond acceptors (Lipinski definition) is 2. The van der Waals surface area contributed by atoms with E-state index < -0.39 is 0 Å². The summed E-state index contributed by atoms with van der Waals surface area (Å²) in [5, 5.41) is 0. The van der Waals surface area contributed by atoms with E-state index in [0.717, 1.165) is 19.3 Å². The minimum atomic E-state index is -0.299. The van der Waals surface area contributed by atoms with E-state index >= 15 is 0 Å². The molecule has 4 N–H and O–H groups in total. The van der Waals surface area contributed by atoms with Crippen molar-refractivity contribution in [2.24, 2.45) is 11.5 Å². The molecule has 2 unspecified atom stereocenters. The van der Waals surface area contributed by atoms with E-state index in [2.05, 4.69) is 0 Å². The molecule has 1 amide bonds. The van der Waals surface area contributed by atoms with Gasteiger partial charge in [-0.3, -0.25) is 4.79 Å². The van der Waals surface area contributed by atoms with Crippen molar-refractivity contribution in [2.75, 3.05) is 0 Å². The number of fused-ring (bicyclic) bond motifs is 1. The number of rotatable bonds is 2. The SMILES string of the molecule is CC(C(N)=O)n1ccc2c1CCCC2N.